The van der Waals surface area contributed by atoms with Crippen molar-refractivity contribution in [3.05, 3.63) is 42.2 Å². The first kappa shape index (κ1) is 32.0. The lowest BCUT2D eigenvalue weighted by molar-refractivity contribution is -0.147. The Bertz CT molecular complexity index is 1780. The normalized spacial score (nSPS) is 16.0. The van der Waals surface area contributed by atoms with Gasteiger partial charge >= 0.3 is 12.1 Å². The van der Waals surface area contributed by atoms with E-state index in [0.717, 1.165) is 43.2 Å². The highest BCUT2D eigenvalue weighted by atomic mass is 32.2. The van der Waals surface area contributed by atoms with E-state index in [2.05, 4.69) is 15.2 Å². The zero-order chi connectivity index (χ0) is 31.9. The van der Waals surface area contributed by atoms with E-state index in [1.54, 1.807) is 30.7 Å². The molecule has 1 atom stereocenters. The molecule has 44 heavy (non-hydrogen) atoms. The Balaban J connectivity index is 1.59. The molecule has 236 valence electrons. The van der Waals surface area contributed by atoms with Gasteiger partial charge in [-0.05, 0) is 50.6 Å². The first-order chi connectivity index (χ1) is 20.7. The SMILES string of the molecule is C[C@H](NS(=O)(=O)c1ccc(-c2sc(-c3nnc(CC(C)(C)C(=O)O)o3)nc2CC2CCCCC2)c2ccncc12)C(F)(F)F. The van der Waals surface area contributed by atoms with Gasteiger partial charge in [0, 0.05) is 29.8 Å². The van der Waals surface area contributed by atoms with Crippen molar-refractivity contribution >= 4 is 38.1 Å². The molecule has 3 heterocycles. The number of carbonyl (C=O) groups is 1. The van der Waals surface area contributed by atoms with Crippen LogP contribution in [0.3, 0.4) is 0 Å². The third kappa shape index (κ3) is 6.79. The highest BCUT2D eigenvalue weighted by molar-refractivity contribution is 7.89. The van der Waals surface area contributed by atoms with Gasteiger partial charge in [-0.2, -0.15) is 17.9 Å². The number of aromatic nitrogens is 4. The van der Waals surface area contributed by atoms with Gasteiger partial charge < -0.3 is 9.52 Å². The molecule has 0 bridgehead atoms. The van der Waals surface area contributed by atoms with Gasteiger partial charge in [0.25, 0.3) is 5.89 Å². The summed E-state index contributed by atoms with van der Waals surface area (Å²) in [6, 6.07) is 2.20. The fourth-order valence-corrected chi connectivity index (χ4v) is 7.76. The number of pyridine rings is 1. The van der Waals surface area contributed by atoms with E-state index < -0.39 is 33.6 Å². The average molecular weight is 652 g/mol. The Morgan fingerprint density at radius 2 is 1.86 bits per heavy atom. The van der Waals surface area contributed by atoms with Crippen LogP contribution in [0.15, 0.2) is 39.9 Å². The number of carboxylic acid groups (broad SMARTS) is 1. The molecule has 1 fully saturated rings. The molecule has 10 nitrogen and oxygen atoms in total. The van der Waals surface area contributed by atoms with Crippen molar-refractivity contribution in [1.29, 1.82) is 0 Å². The third-order valence-corrected chi connectivity index (χ3v) is 10.6. The molecular formula is C29H32F3N5O5S2. The van der Waals surface area contributed by atoms with Crippen LogP contribution in [0.5, 0.6) is 0 Å². The van der Waals surface area contributed by atoms with Gasteiger partial charge in [0.05, 0.1) is 20.9 Å². The predicted molar refractivity (Wildman–Crippen MR) is 157 cm³/mol. The fourth-order valence-electron chi connectivity index (χ4n) is 5.28. The number of halogens is 3. The lowest BCUT2D eigenvalue weighted by Gasteiger charge is -2.21. The number of aliphatic carboxylic acids is 1. The van der Waals surface area contributed by atoms with Crippen LogP contribution in [0.1, 0.15) is 64.5 Å². The maximum absolute atomic E-state index is 13.2. The summed E-state index contributed by atoms with van der Waals surface area (Å²) in [5, 5.41) is 18.7. The van der Waals surface area contributed by atoms with Gasteiger partial charge in [0.15, 0.2) is 5.01 Å². The van der Waals surface area contributed by atoms with Crippen molar-refractivity contribution in [1.82, 2.24) is 24.9 Å². The van der Waals surface area contributed by atoms with Crippen molar-refractivity contribution in [3.63, 3.8) is 0 Å². The summed E-state index contributed by atoms with van der Waals surface area (Å²) in [7, 11) is -4.55. The van der Waals surface area contributed by atoms with Gasteiger partial charge in [-0.1, -0.05) is 38.2 Å². The molecule has 15 heteroatoms. The Morgan fingerprint density at radius 3 is 2.55 bits per heavy atom. The number of nitrogens with zero attached hydrogens (tertiary/aromatic N) is 4. The lowest BCUT2D eigenvalue weighted by Crippen LogP contribution is -2.43. The van der Waals surface area contributed by atoms with Crippen LogP contribution >= 0.6 is 11.3 Å². The van der Waals surface area contributed by atoms with E-state index in [4.69, 9.17) is 9.40 Å². The Labute approximate surface area is 256 Å². The number of thiazole rings is 1. The summed E-state index contributed by atoms with van der Waals surface area (Å²) in [6.45, 7) is 3.87. The zero-order valence-electron chi connectivity index (χ0n) is 24.3. The first-order valence-corrected chi connectivity index (χ1v) is 16.5. The lowest BCUT2D eigenvalue weighted by atomic mass is 9.85. The molecule has 0 aliphatic heterocycles. The predicted octanol–water partition coefficient (Wildman–Crippen LogP) is 6.41. The number of rotatable bonds is 10. The van der Waals surface area contributed by atoms with Crippen LogP contribution in [-0.4, -0.2) is 51.9 Å². The van der Waals surface area contributed by atoms with Crippen LogP contribution in [0.2, 0.25) is 0 Å². The molecule has 1 aromatic carbocycles. The Kier molecular flexibility index (Phi) is 8.84. The van der Waals surface area contributed by atoms with Crippen molar-refractivity contribution in [2.75, 3.05) is 0 Å². The summed E-state index contributed by atoms with van der Waals surface area (Å²) in [6.07, 6.45) is 4.26. The van der Waals surface area contributed by atoms with E-state index in [-0.39, 0.29) is 28.5 Å². The van der Waals surface area contributed by atoms with Crippen LogP contribution in [-0.2, 0) is 27.7 Å². The second kappa shape index (κ2) is 12.2. The highest BCUT2D eigenvalue weighted by Crippen LogP contribution is 2.42. The minimum atomic E-state index is -4.76. The molecule has 0 amide bonds. The van der Waals surface area contributed by atoms with Crippen LogP contribution in [0.25, 0.3) is 32.1 Å². The molecule has 2 N–H and O–H groups in total. The highest BCUT2D eigenvalue weighted by Gasteiger charge is 2.39. The monoisotopic (exact) mass is 651 g/mol. The summed E-state index contributed by atoms with van der Waals surface area (Å²) in [4.78, 5) is 21.0. The van der Waals surface area contributed by atoms with Crippen LogP contribution < -0.4 is 4.72 Å². The number of alkyl halides is 3. The summed E-state index contributed by atoms with van der Waals surface area (Å²) in [5.74, 6) is -0.311. The van der Waals surface area contributed by atoms with Gasteiger partial charge in [0.1, 0.15) is 6.04 Å². The van der Waals surface area contributed by atoms with Gasteiger partial charge in [0.2, 0.25) is 15.9 Å². The molecule has 1 aliphatic rings. The number of carboxylic acids is 1. The van der Waals surface area contributed by atoms with E-state index >= 15 is 0 Å². The maximum Gasteiger partial charge on any atom is 0.404 e. The zero-order valence-corrected chi connectivity index (χ0v) is 25.9. The van der Waals surface area contributed by atoms with E-state index in [1.807, 2.05) is 0 Å². The van der Waals surface area contributed by atoms with Crippen molar-refractivity contribution in [3.8, 4) is 21.3 Å². The molecule has 4 aromatic rings. The van der Waals surface area contributed by atoms with Gasteiger partial charge in [-0.3, -0.25) is 9.78 Å². The van der Waals surface area contributed by atoms with E-state index in [9.17, 15) is 31.5 Å². The van der Waals surface area contributed by atoms with E-state index in [1.165, 1.54) is 36.2 Å². The van der Waals surface area contributed by atoms with Gasteiger partial charge in [-0.15, -0.1) is 21.5 Å². The smallest absolute Gasteiger partial charge is 0.404 e. The second-order valence-corrected chi connectivity index (χ2v) is 14.5. The first-order valence-electron chi connectivity index (χ1n) is 14.2. The number of hydrogen-bond donors (Lipinski definition) is 2. The van der Waals surface area contributed by atoms with E-state index in [0.29, 0.717) is 28.3 Å². The standard InChI is InChI=1S/C29H32F3N5O5S2/c1-16(29(30,31)32)37-44(40,41)22-10-9-19(18-11-12-33-15-20(18)22)24-21(13-17-7-5-4-6-8-17)34-26(43-24)25-36-35-23(42-25)14-28(2,3)27(38)39/h9-12,15-17,37H,4-8,13-14H2,1-3H3,(H,38,39)/t16-/m0/s1. The largest absolute Gasteiger partial charge is 0.481 e. The molecule has 1 aliphatic carbocycles. The number of fused-ring (bicyclic) bond motifs is 1. The summed E-state index contributed by atoms with van der Waals surface area (Å²) in [5.41, 5.74) is 0.290. The molecule has 1 saturated carbocycles. The Morgan fingerprint density at radius 1 is 1.14 bits per heavy atom. The van der Waals surface area contributed by atoms with Crippen molar-refractivity contribution in [2.24, 2.45) is 11.3 Å². The molecule has 0 unspecified atom stereocenters. The maximum atomic E-state index is 13.2. The molecule has 3 aromatic heterocycles. The number of sulfonamides is 1. The molecular weight excluding hydrogens is 619 g/mol. The number of nitrogens with one attached hydrogen (secondary N) is 1. The minimum Gasteiger partial charge on any atom is -0.481 e. The molecule has 5 rings (SSSR count). The summed E-state index contributed by atoms with van der Waals surface area (Å²) < 4.78 is 73.4. The van der Waals surface area contributed by atoms with Crippen molar-refractivity contribution in [2.45, 2.75) is 82.8 Å². The fraction of sp³-hybridized carbons (Fsp3) is 0.483. The van der Waals surface area contributed by atoms with Crippen LogP contribution in [0.4, 0.5) is 13.2 Å². The third-order valence-electron chi connectivity index (χ3n) is 7.86. The quantitative estimate of drug-likeness (QED) is 0.198. The second-order valence-electron chi connectivity index (χ2n) is 11.8. The van der Waals surface area contributed by atoms with Crippen LogP contribution in [0, 0.1) is 11.3 Å². The Hall–Kier alpha value is -3.43. The molecule has 0 radical (unpaired) electrons. The van der Waals surface area contributed by atoms with Crippen molar-refractivity contribution < 1.29 is 35.9 Å². The molecule has 0 spiro atoms. The topological polar surface area (TPSA) is 148 Å². The summed E-state index contributed by atoms with van der Waals surface area (Å²) >= 11 is 1.28. The number of benzene rings is 1. The van der Waals surface area contributed by atoms with Gasteiger partial charge in [-0.25, -0.2) is 13.4 Å². The number of hydrogen-bond acceptors (Lipinski definition) is 9. The molecule has 0 saturated heterocycles. The average Bonchev–Trinajstić information content (AvgIpc) is 3.59. The minimum absolute atomic E-state index is 0.0249.